The van der Waals surface area contributed by atoms with E-state index in [4.69, 9.17) is 5.73 Å². The average Bonchev–Trinajstić information content (AvgIpc) is 2.34. The number of anilines is 3. The molecule has 0 amide bonds. The summed E-state index contributed by atoms with van der Waals surface area (Å²) in [7, 11) is 3.78. The van der Waals surface area contributed by atoms with E-state index in [-0.39, 0.29) is 5.95 Å². The Bertz CT molecular complexity index is 379. The second-order valence-electron chi connectivity index (χ2n) is 4.74. The molecule has 0 aromatic carbocycles. The van der Waals surface area contributed by atoms with Crippen LogP contribution in [0, 0.1) is 5.92 Å². The van der Waals surface area contributed by atoms with E-state index in [1.165, 1.54) is 0 Å². The summed E-state index contributed by atoms with van der Waals surface area (Å²) >= 11 is 0. The Balaban J connectivity index is 2.98. The molecular weight excluding hydrogens is 228 g/mol. The van der Waals surface area contributed by atoms with Crippen molar-refractivity contribution in [2.24, 2.45) is 5.92 Å². The van der Waals surface area contributed by atoms with Gasteiger partial charge >= 0.3 is 0 Å². The van der Waals surface area contributed by atoms with E-state index >= 15 is 0 Å². The van der Waals surface area contributed by atoms with Gasteiger partial charge in [0.2, 0.25) is 17.8 Å². The molecule has 0 spiro atoms. The van der Waals surface area contributed by atoms with Crippen molar-refractivity contribution in [3.63, 3.8) is 0 Å². The van der Waals surface area contributed by atoms with Crippen molar-refractivity contribution >= 4 is 17.8 Å². The monoisotopic (exact) mass is 252 g/mol. The van der Waals surface area contributed by atoms with Crippen LogP contribution in [0.5, 0.6) is 0 Å². The molecule has 0 saturated carbocycles. The summed E-state index contributed by atoms with van der Waals surface area (Å²) < 4.78 is 0. The van der Waals surface area contributed by atoms with Crippen LogP contribution in [0.3, 0.4) is 0 Å². The Labute approximate surface area is 109 Å². The molecule has 0 aliphatic carbocycles. The third-order valence-corrected chi connectivity index (χ3v) is 2.92. The maximum Gasteiger partial charge on any atom is 0.231 e. The molecule has 0 radical (unpaired) electrons. The summed E-state index contributed by atoms with van der Waals surface area (Å²) in [4.78, 5) is 16.7. The second kappa shape index (κ2) is 6.37. The molecule has 2 N–H and O–H groups in total. The molecule has 18 heavy (non-hydrogen) atoms. The molecular formula is C12H24N6. The molecule has 102 valence electrons. The molecule has 1 aromatic heterocycles. The van der Waals surface area contributed by atoms with Gasteiger partial charge in [-0.05, 0) is 12.8 Å². The number of hydrogen-bond acceptors (Lipinski definition) is 6. The summed E-state index contributed by atoms with van der Waals surface area (Å²) in [6, 6.07) is 0. The van der Waals surface area contributed by atoms with E-state index < -0.39 is 0 Å². The van der Waals surface area contributed by atoms with Gasteiger partial charge in [-0.15, -0.1) is 0 Å². The van der Waals surface area contributed by atoms with Crippen molar-refractivity contribution < 1.29 is 0 Å². The van der Waals surface area contributed by atoms with Gasteiger partial charge in [0, 0.05) is 27.2 Å². The van der Waals surface area contributed by atoms with Gasteiger partial charge in [-0.3, -0.25) is 0 Å². The topological polar surface area (TPSA) is 71.2 Å². The maximum absolute atomic E-state index is 5.74. The first-order valence-corrected chi connectivity index (χ1v) is 6.41. The molecule has 1 unspecified atom stereocenters. The summed E-state index contributed by atoms with van der Waals surface area (Å²) in [5, 5.41) is 0. The molecule has 1 rings (SSSR count). The van der Waals surface area contributed by atoms with Crippen molar-refractivity contribution in [1.29, 1.82) is 0 Å². The minimum atomic E-state index is 0.270. The third-order valence-electron chi connectivity index (χ3n) is 2.92. The van der Waals surface area contributed by atoms with Gasteiger partial charge in [0.25, 0.3) is 0 Å². The average molecular weight is 252 g/mol. The zero-order chi connectivity index (χ0) is 13.7. The molecule has 0 aliphatic heterocycles. The SMILES string of the molecule is CCC(C)CN(CC)c1nc(N)nc(N(C)C)n1. The van der Waals surface area contributed by atoms with Gasteiger partial charge < -0.3 is 15.5 Å². The van der Waals surface area contributed by atoms with Gasteiger partial charge in [0.1, 0.15) is 0 Å². The van der Waals surface area contributed by atoms with Crippen molar-refractivity contribution in [2.45, 2.75) is 27.2 Å². The lowest BCUT2D eigenvalue weighted by Crippen LogP contribution is -2.30. The lowest BCUT2D eigenvalue weighted by Gasteiger charge is -2.24. The number of nitrogen functional groups attached to an aromatic ring is 1. The molecule has 6 nitrogen and oxygen atoms in total. The lowest BCUT2D eigenvalue weighted by molar-refractivity contribution is 0.542. The van der Waals surface area contributed by atoms with Crippen molar-refractivity contribution in [3.05, 3.63) is 0 Å². The Morgan fingerprint density at radius 3 is 2.22 bits per heavy atom. The summed E-state index contributed by atoms with van der Waals surface area (Å²) in [6.07, 6.45) is 1.14. The highest BCUT2D eigenvalue weighted by atomic mass is 15.3. The largest absolute Gasteiger partial charge is 0.368 e. The lowest BCUT2D eigenvalue weighted by atomic mass is 10.1. The van der Waals surface area contributed by atoms with E-state index in [0.717, 1.165) is 19.5 Å². The maximum atomic E-state index is 5.74. The molecule has 0 aliphatic rings. The summed E-state index contributed by atoms with van der Waals surface area (Å²) in [5.41, 5.74) is 5.74. The first-order valence-electron chi connectivity index (χ1n) is 6.41. The normalized spacial score (nSPS) is 12.3. The van der Waals surface area contributed by atoms with Gasteiger partial charge in [0.15, 0.2) is 0 Å². The minimum absolute atomic E-state index is 0.270. The fourth-order valence-corrected chi connectivity index (χ4v) is 1.57. The fourth-order valence-electron chi connectivity index (χ4n) is 1.57. The van der Waals surface area contributed by atoms with Crippen LogP contribution in [0.15, 0.2) is 0 Å². The molecule has 6 heteroatoms. The Hall–Kier alpha value is -1.59. The molecule has 0 saturated heterocycles. The highest BCUT2D eigenvalue weighted by Crippen LogP contribution is 2.15. The Morgan fingerprint density at radius 1 is 1.11 bits per heavy atom. The smallest absolute Gasteiger partial charge is 0.231 e. The van der Waals surface area contributed by atoms with Crippen LogP contribution in [0.1, 0.15) is 27.2 Å². The van der Waals surface area contributed by atoms with Gasteiger partial charge in [-0.25, -0.2) is 0 Å². The number of nitrogens with zero attached hydrogens (tertiary/aromatic N) is 5. The molecule has 1 atom stereocenters. The predicted molar refractivity (Wildman–Crippen MR) is 75.9 cm³/mol. The van der Waals surface area contributed by atoms with E-state index in [2.05, 4.69) is 40.6 Å². The van der Waals surface area contributed by atoms with E-state index in [1.807, 2.05) is 19.0 Å². The second-order valence-corrected chi connectivity index (χ2v) is 4.74. The Morgan fingerprint density at radius 2 is 1.72 bits per heavy atom. The van der Waals surface area contributed by atoms with Gasteiger partial charge in [-0.1, -0.05) is 20.3 Å². The number of nitrogens with two attached hydrogens (primary N) is 1. The zero-order valence-corrected chi connectivity index (χ0v) is 12.0. The molecule has 0 fully saturated rings. The highest BCUT2D eigenvalue weighted by Gasteiger charge is 2.14. The highest BCUT2D eigenvalue weighted by molar-refractivity contribution is 5.42. The van der Waals surface area contributed by atoms with Crippen LogP contribution < -0.4 is 15.5 Å². The molecule has 1 heterocycles. The first kappa shape index (κ1) is 14.5. The standard InChI is InChI=1S/C12H24N6/c1-6-9(3)8-18(7-2)12-15-10(13)14-11(16-12)17(4)5/h9H,6-8H2,1-5H3,(H2,13,14,15,16). The quantitative estimate of drug-likeness (QED) is 0.825. The minimum Gasteiger partial charge on any atom is -0.368 e. The summed E-state index contributed by atoms with van der Waals surface area (Å²) in [5.74, 6) is 2.13. The van der Waals surface area contributed by atoms with E-state index in [0.29, 0.717) is 17.8 Å². The van der Waals surface area contributed by atoms with Crippen LogP contribution in [0.4, 0.5) is 17.8 Å². The van der Waals surface area contributed by atoms with Gasteiger partial charge in [0.05, 0.1) is 0 Å². The zero-order valence-electron chi connectivity index (χ0n) is 12.0. The van der Waals surface area contributed by atoms with Crippen LogP contribution >= 0.6 is 0 Å². The summed E-state index contributed by atoms with van der Waals surface area (Å²) in [6.45, 7) is 8.30. The van der Waals surface area contributed by atoms with Crippen LogP contribution in [0.25, 0.3) is 0 Å². The number of aromatic nitrogens is 3. The van der Waals surface area contributed by atoms with E-state index in [9.17, 15) is 0 Å². The van der Waals surface area contributed by atoms with E-state index in [1.54, 1.807) is 0 Å². The fraction of sp³-hybridized carbons (Fsp3) is 0.750. The van der Waals surface area contributed by atoms with Crippen LogP contribution in [-0.4, -0.2) is 42.1 Å². The first-order chi connectivity index (χ1) is 8.47. The molecule has 1 aromatic rings. The van der Waals surface area contributed by atoms with Crippen LogP contribution in [-0.2, 0) is 0 Å². The van der Waals surface area contributed by atoms with Crippen molar-refractivity contribution in [2.75, 3.05) is 42.7 Å². The number of hydrogen-bond donors (Lipinski definition) is 1. The third kappa shape index (κ3) is 3.72. The van der Waals surface area contributed by atoms with Crippen molar-refractivity contribution in [3.8, 4) is 0 Å². The number of rotatable bonds is 6. The predicted octanol–water partition coefficient (Wildman–Crippen LogP) is 1.39. The Kier molecular flexibility index (Phi) is 5.12. The van der Waals surface area contributed by atoms with Crippen LogP contribution in [0.2, 0.25) is 0 Å². The van der Waals surface area contributed by atoms with Gasteiger partial charge in [-0.2, -0.15) is 15.0 Å². The van der Waals surface area contributed by atoms with Crippen molar-refractivity contribution in [1.82, 2.24) is 15.0 Å². The molecule has 0 bridgehead atoms.